The summed E-state index contributed by atoms with van der Waals surface area (Å²) in [5.41, 5.74) is 5.03. The van der Waals surface area contributed by atoms with Crippen LogP contribution < -0.4 is 27.0 Å². The molecule has 3 atom stereocenters. The maximum absolute atomic E-state index is 12.6. The van der Waals surface area contributed by atoms with Gasteiger partial charge in [-0.3, -0.25) is 9.59 Å². The molecule has 0 bridgehead atoms. The molecule has 0 aromatic heterocycles. The highest BCUT2D eigenvalue weighted by molar-refractivity contribution is 14.1. The average Bonchev–Trinajstić information content (AvgIpc) is 2.46. The highest BCUT2D eigenvalue weighted by Crippen LogP contribution is 2.06. The third-order valence-electron chi connectivity index (χ3n) is 3.40. The van der Waals surface area contributed by atoms with Crippen LogP contribution in [0, 0.1) is 5.92 Å². The predicted molar refractivity (Wildman–Crippen MR) is 107 cm³/mol. The zero-order valence-electron chi connectivity index (χ0n) is 15.7. The second kappa shape index (κ2) is 12.3. The molecule has 0 aromatic rings. The number of primary amides is 1. The van der Waals surface area contributed by atoms with Crippen LogP contribution in [0.1, 0.15) is 47.5 Å². The van der Waals surface area contributed by atoms with Gasteiger partial charge in [0.2, 0.25) is 11.8 Å². The fourth-order valence-corrected chi connectivity index (χ4v) is 2.58. The van der Waals surface area contributed by atoms with Crippen molar-refractivity contribution in [2.45, 2.75) is 69.6 Å². The summed E-state index contributed by atoms with van der Waals surface area (Å²) in [5, 5.41) is 11.4. The Morgan fingerprint density at radius 2 is 1.60 bits per heavy atom. The molecule has 0 heterocycles. The number of carbonyl (C=O) groups excluding carboxylic acids is 3. The summed E-state index contributed by atoms with van der Waals surface area (Å²) in [7, 11) is 0. The first-order valence-corrected chi connectivity index (χ1v) is 9.83. The summed E-state index contributed by atoms with van der Waals surface area (Å²) in [6, 6.07) is -1.49. The maximum Gasteiger partial charge on any atom is 0.312 e. The van der Waals surface area contributed by atoms with E-state index >= 15 is 0 Å². The summed E-state index contributed by atoms with van der Waals surface area (Å²) in [6.45, 7) is 10.1. The quantitative estimate of drug-likeness (QED) is 0.133. The third kappa shape index (κ3) is 11.2. The Kier molecular flexibility index (Phi) is 11.7. The minimum Gasteiger partial charge on any atom is -0.352 e. The fourth-order valence-electron chi connectivity index (χ4n) is 2.27. The number of amides is 4. The van der Waals surface area contributed by atoms with Crippen LogP contribution in [0.4, 0.5) is 4.79 Å². The molecule has 0 fully saturated rings. The van der Waals surface area contributed by atoms with Gasteiger partial charge in [0.05, 0.1) is 10.1 Å². The van der Waals surface area contributed by atoms with Crippen molar-refractivity contribution in [3.63, 3.8) is 0 Å². The number of alkyl halides is 1. The Hall–Kier alpha value is -1.10. The van der Waals surface area contributed by atoms with Crippen molar-refractivity contribution >= 4 is 40.4 Å². The number of nitrogens with two attached hydrogens (primary N) is 1. The molecule has 0 rings (SSSR count). The topological polar surface area (TPSA) is 125 Å². The van der Waals surface area contributed by atoms with Gasteiger partial charge in [-0.05, 0) is 25.7 Å². The molecule has 0 aliphatic carbocycles. The average molecular weight is 469 g/mol. The van der Waals surface area contributed by atoms with E-state index in [0.29, 0.717) is 19.4 Å². The van der Waals surface area contributed by atoms with Crippen molar-refractivity contribution in [1.82, 2.24) is 21.3 Å². The van der Waals surface area contributed by atoms with Crippen LogP contribution in [0.3, 0.4) is 0 Å². The van der Waals surface area contributed by atoms with Gasteiger partial charge in [-0.15, -0.1) is 0 Å². The van der Waals surface area contributed by atoms with E-state index in [1.807, 2.05) is 34.6 Å². The monoisotopic (exact) mass is 469 g/mol. The number of rotatable bonds is 11. The van der Waals surface area contributed by atoms with Crippen LogP contribution in [-0.4, -0.2) is 46.6 Å². The van der Waals surface area contributed by atoms with E-state index in [0.717, 1.165) is 0 Å². The number of hydrogen-bond acceptors (Lipinski definition) is 4. The lowest BCUT2D eigenvalue weighted by molar-refractivity contribution is -0.131. The smallest absolute Gasteiger partial charge is 0.312 e. The summed E-state index contributed by atoms with van der Waals surface area (Å²) < 4.78 is -0.0528. The van der Waals surface area contributed by atoms with Gasteiger partial charge in [0, 0.05) is 12.6 Å². The van der Waals surface area contributed by atoms with Crippen LogP contribution in [0.2, 0.25) is 0 Å². The van der Waals surface area contributed by atoms with E-state index < -0.39 is 12.1 Å². The van der Waals surface area contributed by atoms with Crippen molar-refractivity contribution < 1.29 is 14.4 Å². The van der Waals surface area contributed by atoms with E-state index in [1.54, 1.807) is 0 Å². The van der Waals surface area contributed by atoms with E-state index in [2.05, 4.69) is 43.9 Å². The SMILES string of the molecule is CC(C)NC(C(=O)NC(CCCNC(N)=O)C(=O)NC(C)I)C(C)C. The number of halogens is 1. The molecule has 9 heteroatoms. The van der Waals surface area contributed by atoms with Crippen molar-refractivity contribution in [2.75, 3.05) is 6.54 Å². The first-order chi connectivity index (χ1) is 11.5. The van der Waals surface area contributed by atoms with Gasteiger partial charge < -0.3 is 27.0 Å². The molecule has 0 aliphatic rings. The molecule has 4 amide bonds. The Labute approximate surface area is 163 Å². The molecule has 6 N–H and O–H groups in total. The zero-order valence-corrected chi connectivity index (χ0v) is 17.8. The lowest BCUT2D eigenvalue weighted by atomic mass is 10.0. The van der Waals surface area contributed by atoms with Crippen molar-refractivity contribution in [1.29, 1.82) is 0 Å². The Balaban J connectivity index is 4.90. The number of hydrogen-bond donors (Lipinski definition) is 5. The number of urea groups is 1. The Morgan fingerprint density at radius 1 is 1.00 bits per heavy atom. The summed E-state index contributed by atoms with van der Waals surface area (Å²) in [4.78, 5) is 35.7. The summed E-state index contributed by atoms with van der Waals surface area (Å²) in [5.74, 6) is -0.347. The van der Waals surface area contributed by atoms with Crippen LogP contribution in [0.5, 0.6) is 0 Å². The van der Waals surface area contributed by atoms with E-state index in [-0.39, 0.29) is 33.9 Å². The standard InChI is InChI=1S/C16H32IN5O3/c1-9(2)13(20-10(3)4)15(24)22-12(14(23)21-11(5)17)7-6-8-19-16(18)25/h9-13,20H,6-8H2,1-5H3,(H,21,23)(H,22,24)(H3,18,19,25). The normalized spacial score (nSPS) is 14.7. The van der Waals surface area contributed by atoms with Crippen LogP contribution >= 0.6 is 22.6 Å². The highest BCUT2D eigenvalue weighted by atomic mass is 127. The zero-order chi connectivity index (χ0) is 19.6. The summed E-state index contributed by atoms with van der Waals surface area (Å²) >= 11 is 2.09. The number of nitrogens with one attached hydrogen (secondary N) is 4. The molecule has 3 unspecified atom stereocenters. The molecule has 0 aromatic carbocycles. The molecule has 146 valence electrons. The van der Waals surface area contributed by atoms with Crippen molar-refractivity contribution in [3.8, 4) is 0 Å². The highest BCUT2D eigenvalue weighted by Gasteiger charge is 2.27. The molecule has 25 heavy (non-hydrogen) atoms. The summed E-state index contributed by atoms with van der Waals surface area (Å²) in [6.07, 6.45) is 0.939. The van der Waals surface area contributed by atoms with Gasteiger partial charge in [-0.2, -0.15) is 0 Å². The van der Waals surface area contributed by atoms with Crippen molar-refractivity contribution in [2.24, 2.45) is 11.7 Å². The van der Waals surface area contributed by atoms with Gasteiger partial charge in [0.15, 0.2) is 0 Å². The minimum atomic E-state index is -0.658. The van der Waals surface area contributed by atoms with Crippen LogP contribution in [0.15, 0.2) is 0 Å². The van der Waals surface area contributed by atoms with Gasteiger partial charge in [-0.1, -0.05) is 50.3 Å². The van der Waals surface area contributed by atoms with E-state index in [1.165, 1.54) is 0 Å². The molecule has 0 saturated heterocycles. The molecule has 0 aliphatic heterocycles. The Bertz CT molecular complexity index is 443. The maximum atomic E-state index is 12.6. The molecule has 0 spiro atoms. The largest absolute Gasteiger partial charge is 0.352 e. The first-order valence-electron chi connectivity index (χ1n) is 8.58. The lowest BCUT2D eigenvalue weighted by Gasteiger charge is -2.27. The van der Waals surface area contributed by atoms with Gasteiger partial charge in [-0.25, -0.2) is 4.79 Å². The molecule has 8 nitrogen and oxygen atoms in total. The lowest BCUT2D eigenvalue weighted by Crippen LogP contribution is -2.56. The van der Waals surface area contributed by atoms with Gasteiger partial charge >= 0.3 is 6.03 Å². The van der Waals surface area contributed by atoms with Gasteiger partial charge in [0.25, 0.3) is 0 Å². The third-order valence-corrected chi connectivity index (χ3v) is 3.72. The second-order valence-electron chi connectivity index (χ2n) is 6.66. The van der Waals surface area contributed by atoms with Crippen LogP contribution in [-0.2, 0) is 9.59 Å². The molecular formula is C16H32IN5O3. The fraction of sp³-hybridized carbons (Fsp3) is 0.812. The van der Waals surface area contributed by atoms with E-state index in [4.69, 9.17) is 5.73 Å². The van der Waals surface area contributed by atoms with Crippen molar-refractivity contribution in [3.05, 3.63) is 0 Å². The molecular weight excluding hydrogens is 437 g/mol. The molecule has 0 saturated carbocycles. The Morgan fingerprint density at radius 3 is 2.04 bits per heavy atom. The van der Waals surface area contributed by atoms with Gasteiger partial charge in [0.1, 0.15) is 6.04 Å². The second-order valence-corrected chi connectivity index (χ2v) is 8.53. The minimum absolute atomic E-state index is 0.0528. The van der Waals surface area contributed by atoms with Crippen LogP contribution in [0.25, 0.3) is 0 Å². The first kappa shape index (κ1) is 23.9. The predicted octanol–water partition coefficient (Wildman–Crippen LogP) is 0.840. The molecule has 0 radical (unpaired) electrons. The van der Waals surface area contributed by atoms with E-state index in [9.17, 15) is 14.4 Å². The number of carbonyl (C=O) groups is 3.